The van der Waals surface area contributed by atoms with Gasteiger partial charge in [0.05, 0.1) is 17.8 Å². The van der Waals surface area contributed by atoms with E-state index in [4.69, 9.17) is 0 Å². The Bertz CT molecular complexity index is 866. The van der Waals surface area contributed by atoms with E-state index in [0.717, 1.165) is 18.2 Å². The maximum Gasteiger partial charge on any atom is 0.286 e. The average molecular weight is 405 g/mol. The lowest BCUT2D eigenvalue weighted by molar-refractivity contribution is -0.117. The van der Waals surface area contributed by atoms with E-state index in [1.54, 1.807) is 42.6 Å². The molecule has 27 heavy (non-hydrogen) atoms. The lowest BCUT2D eigenvalue weighted by Crippen LogP contribution is -2.23. The highest BCUT2D eigenvalue weighted by Gasteiger charge is 2.24. The number of anilines is 2. The van der Waals surface area contributed by atoms with Gasteiger partial charge in [0, 0.05) is 37.3 Å². The summed E-state index contributed by atoms with van der Waals surface area (Å²) in [5, 5.41) is 5.18. The summed E-state index contributed by atoms with van der Waals surface area (Å²) >= 11 is 2.44. The van der Waals surface area contributed by atoms with Crippen molar-refractivity contribution >= 4 is 51.0 Å². The van der Waals surface area contributed by atoms with E-state index in [0.29, 0.717) is 34.4 Å². The number of carbonyl (C=O) groups is 3. The van der Waals surface area contributed by atoms with Crippen LogP contribution in [0.15, 0.2) is 34.5 Å². The van der Waals surface area contributed by atoms with Gasteiger partial charge in [-0.1, -0.05) is 12.1 Å². The largest absolute Gasteiger partial charge is 0.339 e. The molecule has 1 aliphatic heterocycles. The molecule has 1 aromatic heterocycles. The molecule has 0 bridgehead atoms. The highest BCUT2D eigenvalue weighted by molar-refractivity contribution is 8.13. The molecule has 1 fully saturated rings. The van der Waals surface area contributed by atoms with Crippen LogP contribution in [0.2, 0.25) is 0 Å². The minimum Gasteiger partial charge on any atom is -0.339 e. The minimum absolute atomic E-state index is 0.0804. The SMILES string of the molecule is CN(C)C(=O)Sc1ccccc1NC(=O)Cc1csc(N2CCCC2=O)n1. The van der Waals surface area contributed by atoms with Crippen molar-refractivity contribution in [1.82, 2.24) is 9.88 Å². The van der Waals surface area contributed by atoms with E-state index in [1.807, 2.05) is 6.07 Å². The van der Waals surface area contributed by atoms with Crippen molar-refractivity contribution in [1.29, 1.82) is 0 Å². The minimum atomic E-state index is -0.218. The van der Waals surface area contributed by atoms with Crippen LogP contribution in [0.5, 0.6) is 0 Å². The predicted molar refractivity (Wildman–Crippen MR) is 107 cm³/mol. The lowest BCUT2D eigenvalue weighted by atomic mass is 10.3. The summed E-state index contributed by atoms with van der Waals surface area (Å²) in [5.41, 5.74) is 1.22. The second kappa shape index (κ2) is 8.53. The molecule has 3 amide bonds. The van der Waals surface area contributed by atoms with Crippen molar-refractivity contribution in [2.45, 2.75) is 24.2 Å². The van der Waals surface area contributed by atoms with Crippen molar-refractivity contribution in [2.24, 2.45) is 0 Å². The van der Waals surface area contributed by atoms with Crippen LogP contribution in [0, 0.1) is 0 Å². The summed E-state index contributed by atoms with van der Waals surface area (Å²) in [6, 6.07) is 7.18. The molecule has 1 N–H and O–H groups in total. The molecule has 0 aliphatic carbocycles. The molecule has 0 unspecified atom stereocenters. The van der Waals surface area contributed by atoms with Crippen molar-refractivity contribution < 1.29 is 14.4 Å². The molecule has 7 nitrogen and oxygen atoms in total. The van der Waals surface area contributed by atoms with Crippen molar-refractivity contribution in [3.05, 3.63) is 35.3 Å². The number of benzene rings is 1. The fraction of sp³-hybridized carbons (Fsp3) is 0.333. The Morgan fingerprint density at radius 2 is 2.11 bits per heavy atom. The molecule has 3 rings (SSSR count). The number of aromatic nitrogens is 1. The predicted octanol–water partition coefficient (Wildman–Crippen LogP) is 3.22. The number of carbonyl (C=O) groups excluding carboxylic acids is 3. The van der Waals surface area contributed by atoms with Gasteiger partial charge in [0.2, 0.25) is 11.8 Å². The number of thiazole rings is 1. The number of nitrogens with zero attached hydrogens (tertiary/aromatic N) is 3. The second-order valence-corrected chi connectivity index (χ2v) is 8.08. The number of rotatable bonds is 5. The Morgan fingerprint density at radius 3 is 2.81 bits per heavy atom. The number of hydrogen-bond donors (Lipinski definition) is 1. The molecule has 142 valence electrons. The number of thioether (sulfide) groups is 1. The molecule has 1 aromatic carbocycles. The zero-order valence-corrected chi connectivity index (χ0v) is 16.7. The van der Waals surface area contributed by atoms with Gasteiger partial charge in [-0.2, -0.15) is 0 Å². The molecular formula is C18H20N4O3S2. The molecule has 1 aliphatic rings. The Balaban J connectivity index is 1.64. The first kappa shape index (κ1) is 19.4. The molecular weight excluding hydrogens is 384 g/mol. The van der Waals surface area contributed by atoms with Gasteiger partial charge in [0.15, 0.2) is 5.13 Å². The maximum atomic E-state index is 12.4. The number of amides is 3. The highest BCUT2D eigenvalue weighted by atomic mass is 32.2. The van der Waals surface area contributed by atoms with Crippen LogP contribution >= 0.6 is 23.1 Å². The molecule has 9 heteroatoms. The van der Waals surface area contributed by atoms with Crippen molar-refractivity contribution in [2.75, 3.05) is 30.9 Å². The fourth-order valence-corrected chi connectivity index (χ4v) is 4.17. The first-order chi connectivity index (χ1) is 12.9. The summed E-state index contributed by atoms with van der Waals surface area (Å²) in [7, 11) is 3.36. The molecule has 0 saturated carbocycles. The van der Waals surface area contributed by atoms with Crippen LogP contribution in [0.3, 0.4) is 0 Å². The van der Waals surface area contributed by atoms with Crippen LogP contribution in [0.4, 0.5) is 15.6 Å². The van der Waals surface area contributed by atoms with E-state index in [2.05, 4.69) is 10.3 Å². The quantitative estimate of drug-likeness (QED) is 0.774. The van der Waals surface area contributed by atoms with Crippen LogP contribution < -0.4 is 10.2 Å². The second-order valence-electron chi connectivity index (χ2n) is 6.25. The van der Waals surface area contributed by atoms with Gasteiger partial charge in [0.25, 0.3) is 5.24 Å². The Morgan fingerprint density at radius 1 is 1.33 bits per heavy atom. The lowest BCUT2D eigenvalue weighted by Gasteiger charge is -2.13. The normalized spacial score (nSPS) is 13.7. The molecule has 0 radical (unpaired) electrons. The third-order valence-corrected chi connectivity index (χ3v) is 5.94. The summed E-state index contributed by atoms with van der Waals surface area (Å²) in [4.78, 5) is 44.4. The Labute approximate surface area is 165 Å². The van der Waals surface area contributed by atoms with Crippen LogP contribution in [-0.2, 0) is 16.0 Å². The Kier molecular flexibility index (Phi) is 6.12. The van der Waals surface area contributed by atoms with Crippen molar-refractivity contribution in [3.8, 4) is 0 Å². The van der Waals surface area contributed by atoms with E-state index >= 15 is 0 Å². The first-order valence-corrected chi connectivity index (χ1v) is 10.2. The number of para-hydroxylation sites is 1. The van der Waals surface area contributed by atoms with Gasteiger partial charge in [-0.15, -0.1) is 11.3 Å². The van der Waals surface area contributed by atoms with Crippen LogP contribution in [0.1, 0.15) is 18.5 Å². The highest BCUT2D eigenvalue weighted by Crippen LogP contribution is 2.29. The smallest absolute Gasteiger partial charge is 0.286 e. The van der Waals surface area contributed by atoms with Gasteiger partial charge >= 0.3 is 0 Å². The topological polar surface area (TPSA) is 82.6 Å². The summed E-state index contributed by atoms with van der Waals surface area (Å²) < 4.78 is 0. The standard InChI is InChI=1S/C18H20N4O3S2/c1-21(2)18(25)27-14-7-4-3-6-13(14)20-15(23)10-12-11-26-17(19-12)22-9-5-8-16(22)24/h3-4,6-7,11H,5,8-10H2,1-2H3,(H,20,23). The van der Waals surface area contributed by atoms with Crippen LogP contribution in [0.25, 0.3) is 0 Å². The number of nitrogens with one attached hydrogen (secondary N) is 1. The summed E-state index contributed by atoms with van der Waals surface area (Å²) in [6.07, 6.45) is 1.50. The van der Waals surface area contributed by atoms with E-state index < -0.39 is 0 Å². The van der Waals surface area contributed by atoms with Gasteiger partial charge in [-0.05, 0) is 30.3 Å². The molecule has 1 saturated heterocycles. The molecule has 0 spiro atoms. The molecule has 0 atom stereocenters. The zero-order chi connectivity index (χ0) is 19.4. The summed E-state index contributed by atoms with van der Waals surface area (Å²) in [6.45, 7) is 0.683. The molecule has 2 aromatic rings. The number of hydrogen-bond acceptors (Lipinski definition) is 6. The van der Waals surface area contributed by atoms with E-state index in [9.17, 15) is 14.4 Å². The van der Waals surface area contributed by atoms with Gasteiger partial charge < -0.3 is 10.2 Å². The first-order valence-electron chi connectivity index (χ1n) is 8.47. The summed E-state index contributed by atoms with van der Waals surface area (Å²) in [5.74, 6) is -0.137. The Hall–Kier alpha value is -2.39. The van der Waals surface area contributed by atoms with Crippen LogP contribution in [-0.4, -0.2) is 47.6 Å². The third-order valence-electron chi connectivity index (χ3n) is 3.91. The van der Waals surface area contributed by atoms with Gasteiger partial charge in [0.1, 0.15) is 0 Å². The maximum absolute atomic E-state index is 12.4. The van der Waals surface area contributed by atoms with Crippen molar-refractivity contribution in [3.63, 3.8) is 0 Å². The third kappa shape index (κ3) is 4.86. The van der Waals surface area contributed by atoms with Gasteiger partial charge in [-0.3, -0.25) is 19.3 Å². The average Bonchev–Trinajstić information content (AvgIpc) is 3.25. The van der Waals surface area contributed by atoms with Gasteiger partial charge in [-0.25, -0.2) is 4.98 Å². The monoisotopic (exact) mass is 404 g/mol. The van der Waals surface area contributed by atoms with E-state index in [1.165, 1.54) is 16.2 Å². The molecule has 2 heterocycles. The van der Waals surface area contributed by atoms with E-state index in [-0.39, 0.29) is 23.5 Å². The zero-order valence-electron chi connectivity index (χ0n) is 15.1. The fourth-order valence-electron chi connectivity index (χ4n) is 2.55.